The molecule has 0 unspecified atom stereocenters. The number of nitro groups is 1. The molecule has 132 valence electrons. The summed E-state index contributed by atoms with van der Waals surface area (Å²) in [5.74, 6) is -0.141. The maximum Gasteiger partial charge on any atom is 0.269 e. The summed E-state index contributed by atoms with van der Waals surface area (Å²) in [6, 6.07) is 11.8. The lowest BCUT2D eigenvalue weighted by Crippen LogP contribution is -2.27. The summed E-state index contributed by atoms with van der Waals surface area (Å²) in [5.41, 5.74) is 1.66. The Hall–Kier alpha value is -3.19. The maximum atomic E-state index is 12.6. The van der Waals surface area contributed by atoms with Crippen LogP contribution in [0, 0.1) is 10.1 Å². The van der Waals surface area contributed by atoms with Gasteiger partial charge in [0.1, 0.15) is 0 Å². The van der Waals surface area contributed by atoms with Crippen molar-refractivity contribution in [1.82, 2.24) is 4.90 Å². The maximum absolute atomic E-state index is 12.6. The third-order valence-corrected chi connectivity index (χ3v) is 4.58. The molecule has 0 radical (unpaired) electrons. The SMILES string of the molecule is O=C(/C=C/c1ccc([N+](=O)[O-])cc1)N(Cc1ccoc1)Cc1cccs1. The van der Waals surface area contributed by atoms with Gasteiger partial charge in [-0.05, 0) is 41.3 Å². The first-order chi connectivity index (χ1) is 12.6. The number of non-ortho nitro benzene ring substituents is 1. The molecule has 0 aliphatic carbocycles. The average molecular weight is 368 g/mol. The first kappa shape index (κ1) is 17.6. The third kappa shape index (κ3) is 4.67. The van der Waals surface area contributed by atoms with Crippen LogP contribution in [0.15, 0.2) is 70.9 Å². The lowest BCUT2D eigenvalue weighted by molar-refractivity contribution is -0.384. The smallest absolute Gasteiger partial charge is 0.269 e. The van der Waals surface area contributed by atoms with Crippen molar-refractivity contribution in [2.75, 3.05) is 0 Å². The molecule has 0 fully saturated rings. The molecule has 0 spiro atoms. The molecule has 0 saturated carbocycles. The Morgan fingerprint density at radius 3 is 2.62 bits per heavy atom. The predicted octanol–water partition coefficient (Wildman–Crippen LogP) is 4.49. The Labute approximate surface area is 154 Å². The number of hydrogen-bond donors (Lipinski definition) is 0. The molecule has 26 heavy (non-hydrogen) atoms. The Balaban J connectivity index is 1.72. The molecule has 0 atom stereocenters. The lowest BCUT2D eigenvalue weighted by Gasteiger charge is -2.19. The topological polar surface area (TPSA) is 76.6 Å². The minimum atomic E-state index is -0.452. The summed E-state index contributed by atoms with van der Waals surface area (Å²) in [6.45, 7) is 0.949. The molecule has 0 saturated heterocycles. The van der Waals surface area contributed by atoms with Gasteiger partial charge in [0, 0.05) is 35.2 Å². The number of carbonyl (C=O) groups is 1. The van der Waals surface area contributed by atoms with Gasteiger partial charge in [0.15, 0.2) is 0 Å². The van der Waals surface area contributed by atoms with Crippen LogP contribution in [0.1, 0.15) is 16.0 Å². The number of benzene rings is 1. The Morgan fingerprint density at radius 2 is 2.00 bits per heavy atom. The fourth-order valence-electron chi connectivity index (χ4n) is 2.39. The van der Waals surface area contributed by atoms with Gasteiger partial charge in [0.05, 0.1) is 24.0 Å². The van der Waals surface area contributed by atoms with E-state index in [1.807, 2.05) is 23.6 Å². The van der Waals surface area contributed by atoms with Crippen molar-refractivity contribution in [2.24, 2.45) is 0 Å². The van der Waals surface area contributed by atoms with Gasteiger partial charge in [-0.2, -0.15) is 0 Å². The van der Waals surface area contributed by atoms with Crippen molar-refractivity contribution < 1.29 is 14.1 Å². The quantitative estimate of drug-likeness (QED) is 0.350. The van der Waals surface area contributed by atoms with E-state index < -0.39 is 4.92 Å². The average Bonchev–Trinajstić information content (AvgIpc) is 3.33. The number of amides is 1. The molecule has 0 bridgehead atoms. The van der Waals surface area contributed by atoms with E-state index in [9.17, 15) is 14.9 Å². The zero-order valence-electron chi connectivity index (χ0n) is 13.8. The van der Waals surface area contributed by atoms with Crippen molar-refractivity contribution in [3.05, 3.63) is 92.6 Å². The monoisotopic (exact) mass is 368 g/mol. The van der Waals surface area contributed by atoms with Crippen LogP contribution in [0.4, 0.5) is 5.69 Å². The number of thiophene rings is 1. The zero-order chi connectivity index (χ0) is 18.4. The van der Waals surface area contributed by atoms with Gasteiger partial charge in [-0.1, -0.05) is 6.07 Å². The number of nitrogens with zero attached hydrogens (tertiary/aromatic N) is 2. The van der Waals surface area contributed by atoms with E-state index in [1.165, 1.54) is 18.2 Å². The molecule has 2 aromatic heterocycles. The van der Waals surface area contributed by atoms with Crippen molar-refractivity contribution in [2.45, 2.75) is 13.1 Å². The second-order valence-corrected chi connectivity index (χ2v) is 6.62. The molecule has 0 N–H and O–H groups in total. The second kappa shape index (κ2) is 8.26. The van der Waals surface area contributed by atoms with Crippen LogP contribution < -0.4 is 0 Å². The highest BCUT2D eigenvalue weighted by Crippen LogP contribution is 2.17. The minimum absolute atomic E-state index is 0.0211. The third-order valence-electron chi connectivity index (χ3n) is 3.71. The van der Waals surface area contributed by atoms with Crippen LogP contribution in [0.5, 0.6) is 0 Å². The second-order valence-electron chi connectivity index (χ2n) is 5.59. The van der Waals surface area contributed by atoms with Gasteiger partial charge in [-0.15, -0.1) is 11.3 Å². The fourth-order valence-corrected chi connectivity index (χ4v) is 3.10. The lowest BCUT2D eigenvalue weighted by atomic mass is 10.2. The number of carbonyl (C=O) groups excluding carboxylic acids is 1. The van der Waals surface area contributed by atoms with E-state index in [0.29, 0.717) is 13.1 Å². The van der Waals surface area contributed by atoms with Crippen LogP contribution in [0.25, 0.3) is 6.08 Å². The van der Waals surface area contributed by atoms with E-state index in [1.54, 1.807) is 47.0 Å². The molecule has 2 heterocycles. The van der Waals surface area contributed by atoms with Gasteiger partial charge in [0.2, 0.25) is 5.91 Å². The number of nitro benzene ring substituents is 1. The molecule has 7 heteroatoms. The molecule has 0 aliphatic rings. The van der Waals surface area contributed by atoms with E-state index in [0.717, 1.165) is 16.0 Å². The number of hydrogen-bond acceptors (Lipinski definition) is 5. The Kier molecular flexibility index (Phi) is 5.60. The van der Waals surface area contributed by atoms with E-state index in [-0.39, 0.29) is 11.6 Å². The number of rotatable bonds is 7. The van der Waals surface area contributed by atoms with Gasteiger partial charge in [-0.3, -0.25) is 14.9 Å². The van der Waals surface area contributed by atoms with Crippen molar-refractivity contribution in [3.8, 4) is 0 Å². The molecule has 6 nitrogen and oxygen atoms in total. The van der Waals surface area contributed by atoms with Gasteiger partial charge >= 0.3 is 0 Å². The molecule has 1 amide bonds. The summed E-state index contributed by atoms with van der Waals surface area (Å²) in [7, 11) is 0. The van der Waals surface area contributed by atoms with Gasteiger partial charge in [0.25, 0.3) is 5.69 Å². The fraction of sp³-hybridized carbons (Fsp3) is 0.105. The summed E-state index contributed by atoms with van der Waals surface area (Å²) in [5, 5.41) is 12.7. The molecular formula is C19H16N2O4S. The highest BCUT2D eigenvalue weighted by molar-refractivity contribution is 7.09. The highest BCUT2D eigenvalue weighted by Gasteiger charge is 2.13. The molecular weight excluding hydrogens is 352 g/mol. The summed E-state index contributed by atoms with van der Waals surface area (Å²) < 4.78 is 5.08. The zero-order valence-corrected chi connectivity index (χ0v) is 14.6. The molecule has 0 aliphatic heterocycles. The molecule has 3 aromatic rings. The molecule has 3 rings (SSSR count). The van der Waals surface area contributed by atoms with Crippen LogP contribution in [0.2, 0.25) is 0 Å². The van der Waals surface area contributed by atoms with E-state index in [4.69, 9.17) is 4.42 Å². The van der Waals surface area contributed by atoms with Crippen molar-refractivity contribution in [3.63, 3.8) is 0 Å². The van der Waals surface area contributed by atoms with Crippen LogP contribution in [-0.2, 0) is 17.9 Å². The minimum Gasteiger partial charge on any atom is -0.472 e. The van der Waals surface area contributed by atoms with Crippen molar-refractivity contribution >= 4 is 29.0 Å². The van der Waals surface area contributed by atoms with Crippen LogP contribution >= 0.6 is 11.3 Å². The summed E-state index contributed by atoms with van der Waals surface area (Å²) >= 11 is 1.59. The largest absolute Gasteiger partial charge is 0.472 e. The first-order valence-electron chi connectivity index (χ1n) is 7.87. The van der Waals surface area contributed by atoms with Crippen LogP contribution in [0.3, 0.4) is 0 Å². The Bertz CT molecular complexity index is 848. The summed E-state index contributed by atoms with van der Waals surface area (Å²) in [6.07, 6.45) is 6.34. The van der Waals surface area contributed by atoms with E-state index >= 15 is 0 Å². The van der Waals surface area contributed by atoms with Gasteiger partial charge < -0.3 is 9.32 Å². The number of furan rings is 1. The predicted molar refractivity (Wildman–Crippen MR) is 99.4 cm³/mol. The normalized spacial score (nSPS) is 10.9. The summed E-state index contributed by atoms with van der Waals surface area (Å²) in [4.78, 5) is 25.7. The van der Waals surface area contributed by atoms with Gasteiger partial charge in [-0.25, -0.2) is 0 Å². The van der Waals surface area contributed by atoms with E-state index in [2.05, 4.69) is 0 Å². The van der Waals surface area contributed by atoms with Crippen LogP contribution in [-0.4, -0.2) is 15.7 Å². The molecule has 1 aromatic carbocycles. The van der Waals surface area contributed by atoms with Crippen molar-refractivity contribution in [1.29, 1.82) is 0 Å². The first-order valence-corrected chi connectivity index (χ1v) is 8.75. The Morgan fingerprint density at radius 1 is 1.19 bits per heavy atom. The standard InChI is InChI=1S/C19H16N2O4S/c22-19(8-5-15-3-6-17(7-4-15)21(23)24)20(12-16-9-10-25-14-16)13-18-2-1-11-26-18/h1-11,14H,12-13H2/b8-5+. The highest BCUT2D eigenvalue weighted by atomic mass is 32.1.